The lowest BCUT2D eigenvalue weighted by molar-refractivity contribution is -0.143. The second kappa shape index (κ2) is 10.7. The van der Waals surface area contributed by atoms with Crippen molar-refractivity contribution in [1.29, 1.82) is 0 Å². The van der Waals surface area contributed by atoms with Crippen LogP contribution in [0.3, 0.4) is 0 Å². The highest BCUT2D eigenvalue weighted by Crippen LogP contribution is 2.29. The second-order valence-corrected chi connectivity index (χ2v) is 8.06. The number of carboxylic acids is 1. The van der Waals surface area contributed by atoms with Crippen LogP contribution in [-0.4, -0.2) is 39.8 Å². The van der Waals surface area contributed by atoms with Gasteiger partial charge in [-0.2, -0.15) is 0 Å². The number of hydrogen-bond donors (Lipinski definition) is 4. The molecule has 0 saturated heterocycles. The van der Waals surface area contributed by atoms with E-state index in [0.29, 0.717) is 18.4 Å². The number of phenols is 1. The molecule has 1 aliphatic carbocycles. The minimum atomic E-state index is -1.21. The van der Waals surface area contributed by atoms with E-state index in [4.69, 9.17) is 4.74 Å². The van der Waals surface area contributed by atoms with Gasteiger partial charge in [0.1, 0.15) is 23.9 Å². The maximum atomic E-state index is 13.2. The number of aliphatic carboxylic acids is 1. The fraction of sp³-hybridized carbons (Fsp3) is 0.375. The molecule has 4 N–H and O–H groups in total. The number of phenolic OH excluding ortho intramolecular Hbond substituents is 1. The summed E-state index contributed by atoms with van der Waals surface area (Å²) in [6.45, 7) is 0.0724. The van der Waals surface area contributed by atoms with Crippen LogP contribution in [0.15, 0.2) is 54.6 Å². The van der Waals surface area contributed by atoms with Crippen LogP contribution >= 0.6 is 0 Å². The highest BCUT2D eigenvalue weighted by Gasteiger charge is 2.42. The summed E-state index contributed by atoms with van der Waals surface area (Å²) in [6, 6.07) is 14.2. The number of carbonyl (C=O) groups excluding carboxylic acids is 2. The molecule has 1 saturated carbocycles. The third-order valence-electron chi connectivity index (χ3n) is 5.68. The first-order valence-corrected chi connectivity index (χ1v) is 10.7. The van der Waals surface area contributed by atoms with Gasteiger partial charge in [0, 0.05) is 6.42 Å². The first kappa shape index (κ1) is 23.1. The maximum Gasteiger partial charge on any atom is 0.408 e. The van der Waals surface area contributed by atoms with Gasteiger partial charge in [0.25, 0.3) is 0 Å². The molecule has 8 heteroatoms. The van der Waals surface area contributed by atoms with Gasteiger partial charge in [-0.05, 0) is 36.1 Å². The van der Waals surface area contributed by atoms with E-state index in [0.717, 1.165) is 24.8 Å². The first-order chi connectivity index (χ1) is 15.4. The monoisotopic (exact) mass is 440 g/mol. The number of aromatic hydroxyl groups is 1. The molecule has 1 atom stereocenters. The minimum Gasteiger partial charge on any atom is -0.508 e. The number of benzene rings is 2. The molecule has 0 spiro atoms. The van der Waals surface area contributed by atoms with Crippen molar-refractivity contribution in [1.82, 2.24) is 10.6 Å². The van der Waals surface area contributed by atoms with Crippen molar-refractivity contribution < 1.29 is 29.3 Å². The Balaban J connectivity index is 1.67. The van der Waals surface area contributed by atoms with Gasteiger partial charge in [-0.3, -0.25) is 4.79 Å². The molecular formula is C24H28N2O6. The van der Waals surface area contributed by atoms with Gasteiger partial charge in [-0.1, -0.05) is 61.7 Å². The lowest BCUT2D eigenvalue weighted by Gasteiger charge is -2.37. The molecule has 2 aromatic carbocycles. The highest BCUT2D eigenvalue weighted by atomic mass is 16.5. The van der Waals surface area contributed by atoms with Crippen molar-refractivity contribution in [2.24, 2.45) is 0 Å². The fourth-order valence-electron chi connectivity index (χ4n) is 3.88. The molecule has 8 nitrogen and oxygen atoms in total. The maximum absolute atomic E-state index is 13.2. The van der Waals surface area contributed by atoms with Crippen molar-refractivity contribution in [2.45, 2.75) is 56.7 Å². The van der Waals surface area contributed by atoms with E-state index in [-0.39, 0.29) is 18.8 Å². The number of nitrogens with one attached hydrogen (secondary N) is 2. The Morgan fingerprint density at radius 2 is 1.59 bits per heavy atom. The summed E-state index contributed by atoms with van der Waals surface area (Å²) in [7, 11) is 0. The molecule has 0 aromatic heterocycles. The van der Waals surface area contributed by atoms with Crippen LogP contribution < -0.4 is 10.6 Å². The largest absolute Gasteiger partial charge is 0.508 e. The predicted molar refractivity (Wildman–Crippen MR) is 117 cm³/mol. The molecule has 2 aromatic rings. The van der Waals surface area contributed by atoms with Crippen molar-refractivity contribution >= 4 is 18.0 Å². The molecule has 2 amide bonds. The average molecular weight is 440 g/mol. The molecule has 3 rings (SSSR count). The van der Waals surface area contributed by atoms with Gasteiger partial charge in [-0.15, -0.1) is 0 Å². The van der Waals surface area contributed by atoms with Crippen molar-refractivity contribution in [3.8, 4) is 5.75 Å². The summed E-state index contributed by atoms with van der Waals surface area (Å²) in [6.07, 6.45) is 2.57. The third-order valence-corrected chi connectivity index (χ3v) is 5.68. The number of rotatable bonds is 8. The number of hydrogen-bond acceptors (Lipinski definition) is 5. The Labute approximate surface area is 186 Å². The Morgan fingerprint density at radius 1 is 0.938 bits per heavy atom. The third kappa shape index (κ3) is 6.23. The van der Waals surface area contributed by atoms with Crippen LogP contribution in [0.4, 0.5) is 4.79 Å². The number of amides is 2. The quantitative estimate of drug-likeness (QED) is 0.500. The smallest absolute Gasteiger partial charge is 0.408 e. The highest BCUT2D eigenvalue weighted by molar-refractivity contribution is 5.93. The molecule has 0 bridgehead atoms. The van der Waals surface area contributed by atoms with Gasteiger partial charge < -0.3 is 25.6 Å². The second-order valence-electron chi connectivity index (χ2n) is 8.06. The Morgan fingerprint density at radius 3 is 2.22 bits per heavy atom. The zero-order valence-corrected chi connectivity index (χ0v) is 17.8. The molecule has 170 valence electrons. The number of carboxylic acid groups (broad SMARTS) is 1. The lowest BCUT2D eigenvalue weighted by Crippen LogP contribution is -2.62. The summed E-state index contributed by atoms with van der Waals surface area (Å²) in [5, 5.41) is 24.4. The minimum absolute atomic E-state index is 0.0515. The molecule has 0 unspecified atom stereocenters. The fourth-order valence-corrected chi connectivity index (χ4v) is 3.88. The molecule has 32 heavy (non-hydrogen) atoms. The van der Waals surface area contributed by atoms with Crippen molar-refractivity contribution in [2.75, 3.05) is 0 Å². The van der Waals surface area contributed by atoms with Crippen LogP contribution in [0.2, 0.25) is 0 Å². The van der Waals surface area contributed by atoms with Gasteiger partial charge in [0.05, 0.1) is 0 Å². The first-order valence-electron chi connectivity index (χ1n) is 10.7. The van der Waals surface area contributed by atoms with Crippen LogP contribution in [0.5, 0.6) is 5.75 Å². The SMILES string of the molecule is O=C(NC1(C(=O)N[C@@H](Cc2ccc(O)cc2)C(=O)O)CCCCC1)OCc1ccccc1. The van der Waals surface area contributed by atoms with E-state index in [9.17, 15) is 24.6 Å². The Kier molecular flexibility index (Phi) is 7.70. The summed E-state index contributed by atoms with van der Waals surface area (Å²) < 4.78 is 5.30. The van der Waals surface area contributed by atoms with Crippen molar-refractivity contribution in [3.63, 3.8) is 0 Å². The Bertz CT molecular complexity index is 923. The summed E-state index contributed by atoms with van der Waals surface area (Å²) >= 11 is 0. The zero-order valence-electron chi connectivity index (χ0n) is 17.8. The van der Waals surface area contributed by atoms with E-state index < -0.39 is 29.6 Å². The molecule has 0 aliphatic heterocycles. The van der Waals surface area contributed by atoms with E-state index in [1.807, 2.05) is 30.3 Å². The molecule has 1 fully saturated rings. The average Bonchev–Trinajstić information content (AvgIpc) is 2.80. The van der Waals surface area contributed by atoms with Crippen LogP contribution in [-0.2, 0) is 27.4 Å². The zero-order chi connectivity index (χ0) is 23.0. The van der Waals surface area contributed by atoms with Gasteiger partial charge in [-0.25, -0.2) is 9.59 Å². The van der Waals surface area contributed by atoms with Crippen LogP contribution in [0, 0.1) is 0 Å². The van der Waals surface area contributed by atoms with E-state index in [1.165, 1.54) is 12.1 Å². The number of ether oxygens (including phenoxy) is 1. The van der Waals surface area contributed by atoms with Gasteiger partial charge >= 0.3 is 12.1 Å². The normalized spacial score (nSPS) is 15.9. The molecule has 0 radical (unpaired) electrons. The molecular weight excluding hydrogens is 412 g/mol. The summed E-state index contributed by atoms with van der Waals surface area (Å²) in [4.78, 5) is 37.5. The molecule has 0 heterocycles. The van der Waals surface area contributed by atoms with E-state index >= 15 is 0 Å². The topological polar surface area (TPSA) is 125 Å². The number of alkyl carbamates (subject to hydrolysis) is 1. The van der Waals surface area contributed by atoms with E-state index in [2.05, 4.69) is 10.6 Å². The van der Waals surface area contributed by atoms with Gasteiger partial charge in [0.2, 0.25) is 5.91 Å². The Hall–Kier alpha value is -3.55. The standard InChI is InChI=1S/C24H28N2O6/c27-19-11-9-17(10-12-19)15-20(21(28)29)25-22(30)24(13-5-2-6-14-24)26-23(31)32-16-18-7-3-1-4-8-18/h1,3-4,7-12,20,27H,2,5-6,13-16H2,(H,25,30)(H,26,31)(H,28,29)/t20-/m0/s1. The predicted octanol–water partition coefficient (Wildman–Crippen LogP) is 3.13. The van der Waals surface area contributed by atoms with Crippen LogP contribution in [0.25, 0.3) is 0 Å². The number of carbonyl (C=O) groups is 3. The summed E-state index contributed by atoms with van der Waals surface area (Å²) in [5.74, 6) is -1.63. The molecule has 1 aliphatic rings. The lowest BCUT2D eigenvalue weighted by atomic mass is 9.80. The van der Waals surface area contributed by atoms with E-state index in [1.54, 1.807) is 12.1 Å². The van der Waals surface area contributed by atoms with Crippen LogP contribution in [0.1, 0.15) is 43.2 Å². The van der Waals surface area contributed by atoms with Gasteiger partial charge in [0.15, 0.2) is 0 Å². The summed E-state index contributed by atoms with van der Waals surface area (Å²) in [5.41, 5.74) is 0.266. The van der Waals surface area contributed by atoms with Crippen molar-refractivity contribution in [3.05, 3.63) is 65.7 Å².